The molecule has 0 spiro atoms. The summed E-state index contributed by atoms with van der Waals surface area (Å²) in [5.74, 6) is -0.503. The van der Waals surface area contributed by atoms with Crippen molar-refractivity contribution >= 4 is 40.0 Å². The minimum absolute atomic E-state index is 0.0217. The SMILES string of the molecule is O=C(COc1ccc(Cl)c(F)c1)NC1CCC(NCc2ccc3cc(Cl)ccc3n2)CC1. The van der Waals surface area contributed by atoms with Crippen LogP contribution in [0.2, 0.25) is 10.0 Å². The first-order chi connectivity index (χ1) is 15.5. The van der Waals surface area contributed by atoms with E-state index < -0.39 is 5.82 Å². The molecule has 4 rings (SSSR count). The second kappa shape index (κ2) is 10.5. The summed E-state index contributed by atoms with van der Waals surface area (Å²) in [5.41, 5.74) is 1.93. The summed E-state index contributed by atoms with van der Waals surface area (Å²) in [5, 5.41) is 8.33. The van der Waals surface area contributed by atoms with E-state index in [9.17, 15) is 9.18 Å². The van der Waals surface area contributed by atoms with Gasteiger partial charge >= 0.3 is 0 Å². The van der Waals surface area contributed by atoms with Gasteiger partial charge in [0.1, 0.15) is 11.6 Å². The molecule has 1 fully saturated rings. The number of hydrogen-bond acceptors (Lipinski definition) is 4. The van der Waals surface area contributed by atoms with Crippen LogP contribution in [0.5, 0.6) is 5.75 Å². The van der Waals surface area contributed by atoms with Crippen LogP contribution >= 0.6 is 23.2 Å². The summed E-state index contributed by atoms with van der Waals surface area (Å²) < 4.78 is 18.8. The average molecular weight is 476 g/mol. The molecule has 2 aromatic carbocycles. The Bertz CT molecular complexity index is 1100. The zero-order valence-electron chi connectivity index (χ0n) is 17.4. The highest BCUT2D eigenvalue weighted by atomic mass is 35.5. The Hall–Kier alpha value is -2.41. The van der Waals surface area contributed by atoms with Crippen LogP contribution in [-0.4, -0.2) is 29.6 Å². The van der Waals surface area contributed by atoms with Gasteiger partial charge in [-0.25, -0.2) is 4.39 Å². The minimum Gasteiger partial charge on any atom is -0.484 e. The largest absolute Gasteiger partial charge is 0.484 e. The number of amides is 1. The molecule has 2 N–H and O–H groups in total. The molecular weight excluding hydrogens is 452 g/mol. The number of nitrogens with zero attached hydrogens (tertiary/aromatic N) is 1. The third-order valence-corrected chi connectivity index (χ3v) is 6.18. The normalized spacial score (nSPS) is 18.5. The molecule has 1 amide bonds. The van der Waals surface area contributed by atoms with Crippen molar-refractivity contribution in [2.75, 3.05) is 6.61 Å². The Balaban J connectivity index is 1.18. The molecule has 168 valence electrons. The average Bonchev–Trinajstić information content (AvgIpc) is 2.79. The van der Waals surface area contributed by atoms with E-state index in [1.165, 1.54) is 18.2 Å². The molecule has 1 aromatic heterocycles. The molecule has 3 aromatic rings. The summed E-state index contributed by atoms with van der Waals surface area (Å²) in [4.78, 5) is 16.9. The fourth-order valence-electron chi connectivity index (χ4n) is 3.91. The summed E-state index contributed by atoms with van der Waals surface area (Å²) in [6.45, 7) is 0.545. The van der Waals surface area contributed by atoms with Crippen molar-refractivity contribution in [3.63, 3.8) is 0 Å². The van der Waals surface area contributed by atoms with Gasteiger partial charge in [0.2, 0.25) is 0 Å². The van der Waals surface area contributed by atoms with Crippen LogP contribution in [0, 0.1) is 5.82 Å². The summed E-state index contributed by atoms with van der Waals surface area (Å²) in [6, 6.07) is 14.4. The van der Waals surface area contributed by atoms with Crippen LogP contribution < -0.4 is 15.4 Å². The van der Waals surface area contributed by atoms with Gasteiger partial charge in [0.25, 0.3) is 5.91 Å². The summed E-state index contributed by atoms with van der Waals surface area (Å²) in [6.07, 6.45) is 3.72. The van der Waals surface area contributed by atoms with Crippen LogP contribution in [0.1, 0.15) is 31.4 Å². The standard InChI is InChI=1S/C24H24Cl2FN3O2/c25-16-2-10-23-15(11-16)1-3-19(29-23)13-28-17-4-6-18(7-5-17)30-24(31)14-32-20-8-9-21(26)22(27)12-20/h1-3,8-12,17-18,28H,4-7,13-14H2,(H,30,31). The van der Waals surface area contributed by atoms with E-state index in [2.05, 4.69) is 15.6 Å². The number of nitrogens with one attached hydrogen (secondary N) is 2. The molecule has 1 saturated carbocycles. The number of benzene rings is 2. The molecule has 0 bridgehead atoms. The quantitative estimate of drug-likeness (QED) is 0.488. The Labute approximate surface area is 196 Å². The van der Waals surface area contributed by atoms with E-state index in [0.717, 1.165) is 42.3 Å². The van der Waals surface area contributed by atoms with Gasteiger partial charge in [-0.2, -0.15) is 0 Å². The zero-order chi connectivity index (χ0) is 22.5. The maximum absolute atomic E-state index is 13.4. The fourth-order valence-corrected chi connectivity index (χ4v) is 4.21. The van der Waals surface area contributed by atoms with E-state index >= 15 is 0 Å². The molecule has 0 unspecified atom stereocenters. The lowest BCUT2D eigenvalue weighted by molar-refractivity contribution is -0.124. The zero-order valence-corrected chi connectivity index (χ0v) is 18.9. The first-order valence-electron chi connectivity index (χ1n) is 10.6. The van der Waals surface area contributed by atoms with Crippen molar-refractivity contribution in [1.82, 2.24) is 15.6 Å². The highest BCUT2D eigenvalue weighted by Crippen LogP contribution is 2.22. The monoisotopic (exact) mass is 475 g/mol. The van der Waals surface area contributed by atoms with Gasteiger partial charge in [-0.05, 0) is 62.1 Å². The smallest absolute Gasteiger partial charge is 0.258 e. The molecule has 1 heterocycles. The number of hydrogen-bond donors (Lipinski definition) is 2. The van der Waals surface area contributed by atoms with Crippen LogP contribution in [0.25, 0.3) is 10.9 Å². The van der Waals surface area contributed by atoms with Gasteiger partial charge in [-0.15, -0.1) is 0 Å². The molecule has 0 saturated heterocycles. The Morgan fingerprint density at radius 2 is 1.81 bits per heavy atom. The lowest BCUT2D eigenvalue weighted by Gasteiger charge is -2.29. The predicted molar refractivity (Wildman–Crippen MR) is 125 cm³/mol. The Morgan fingerprint density at radius 1 is 1.03 bits per heavy atom. The number of carbonyl (C=O) groups is 1. The molecule has 32 heavy (non-hydrogen) atoms. The van der Waals surface area contributed by atoms with Gasteiger partial charge in [0.05, 0.1) is 16.2 Å². The van der Waals surface area contributed by atoms with Crippen molar-refractivity contribution in [2.24, 2.45) is 0 Å². The van der Waals surface area contributed by atoms with E-state index in [0.29, 0.717) is 17.6 Å². The third kappa shape index (κ3) is 6.09. The molecule has 5 nitrogen and oxygen atoms in total. The Kier molecular flexibility index (Phi) is 7.45. The maximum Gasteiger partial charge on any atom is 0.258 e. The van der Waals surface area contributed by atoms with Gasteiger partial charge in [0.15, 0.2) is 6.61 Å². The molecule has 1 aliphatic carbocycles. The van der Waals surface area contributed by atoms with Crippen LogP contribution in [-0.2, 0) is 11.3 Å². The number of carbonyl (C=O) groups excluding carboxylic acids is 1. The number of rotatable bonds is 7. The molecule has 1 aliphatic rings. The molecule has 8 heteroatoms. The van der Waals surface area contributed by atoms with Crippen LogP contribution in [0.4, 0.5) is 4.39 Å². The second-order valence-electron chi connectivity index (χ2n) is 8.00. The van der Waals surface area contributed by atoms with Gasteiger partial charge in [0, 0.05) is 35.1 Å². The van der Waals surface area contributed by atoms with Crippen molar-refractivity contribution in [3.05, 3.63) is 70.1 Å². The Morgan fingerprint density at radius 3 is 2.59 bits per heavy atom. The number of ether oxygens (including phenoxy) is 1. The highest BCUT2D eigenvalue weighted by molar-refractivity contribution is 6.31. The van der Waals surface area contributed by atoms with Crippen molar-refractivity contribution in [3.8, 4) is 5.75 Å². The van der Waals surface area contributed by atoms with Crippen molar-refractivity contribution in [2.45, 2.75) is 44.3 Å². The van der Waals surface area contributed by atoms with Crippen LogP contribution in [0.3, 0.4) is 0 Å². The van der Waals surface area contributed by atoms with E-state index in [1.54, 1.807) is 0 Å². The summed E-state index contributed by atoms with van der Waals surface area (Å²) in [7, 11) is 0. The number of fused-ring (bicyclic) bond motifs is 1. The molecular formula is C24H24Cl2FN3O2. The molecule has 0 radical (unpaired) electrons. The molecule has 0 aliphatic heterocycles. The lowest BCUT2D eigenvalue weighted by atomic mass is 9.91. The first-order valence-corrected chi connectivity index (χ1v) is 11.4. The van der Waals surface area contributed by atoms with Crippen LogP contribution in [0.15, 0.2) is 48.5 Å². The lowest BCUT2D eigenvalue weighted by Crippen LogP contribution is -2.43. The predicted octanol–water partition coefficient (Wildman–Crippen LogP) is 5.28. The highest BCUT2D eigenvalue weighted by Gasteiger charge is 2.22. The van der Waals surface area contributed by atoms with E-state index in [4.69, 9.17) is 27.9 Å². The number of pyridine rings is 1. The second-order valence-corrected chi connectivity index (χ2v) is 8.84. The van der Waals surface area contributed by atoms with Crippen molar-refractivity contribution in [1.29, 1.82) is 0 Å². The number of halogens is 3. The number of aromatic nitrogens is 1. The van der Waals surface area contributed by atoms with E-state index in [1.807, 2.05) is 30.3 Å². The minimum atomic E-state index is -0.571. The third-order valence-electron chi connectivity index (χ3n) is 5.63. The van der Waals surface area contributed by atoms with E-state index in [-0.39, 0.29) is 29.3 Å². The maximum atomic E-state index is 13.4. The summed E-state index contributed by atoms with van der Waals surface area (Å²) >= 11 is 11.7. The van der Waals surface area contributed by atoms with Gasteiger partial charge in [-0.1, -0.05) is 29.3 Å². The van der Waals surface area contributed by atoms with Gasteiger partial charge in [-0.3, -0.25) is 9.78 Å². The fraction of sp³-hybridized carbons (Fsp3) is 0.333. The topological polar surface area (TPSA) is 63.2 Å². The van der Waals surface area contributed by atoms with Gasteiger partial charge < -0.3 is 15.4 Å². The van der Waals surface area contributed by atoms with Crippen molar-refractivity contribution < 1.29 is 13.9 Å². The molecule has 0 atom stereocenters. The first kappa shape index (κ1) is 22.8.